The van der Waals surface area contributed by atoms with Crippen molar-refractivity contribution < 1.29 is 28.6 Å². The van der Waals surface area contributed by atoms with Gasteiger partial charge >= 0.3 is 11.9 Å². The Labute approximate surface area is 186 Å². The first-order valence-corrected chi connectivity index (χ1v) is 10.2. The van der Waals surface area contributed by atoms with E-state index in [0.29, 0.717) is 5.69 Å². The quantitative estimate of drug-likeness (QED) is 0.684. The maximum atomic E-state index is 12.7. The summed E-state index contributed by atoms with van der Waals surface area (Å²) >= 11 is 0. The Morgan fingerprint density at radius 3 is 2.28 bits per heavy atom. The van der Waals surface area contributed by atoms with Crippen LogP contribution in [-0.4, -0.2) is 45.4 Å². The van der Waals surface area contributed by atoms with Crippen molar-refractivity contribution in [3.05, 3.63) is 64.9 Å². The SMILES string of the molecule is COC(=O)C1=C(C(=O)OC)N(c2ccc3c(c2)N(C(C)=O)c2ccccc2CC3)COC1. The van der Waals surface area contributed by atoms with Gasteiger partial charge in [-0.3, -0.25) is 9.69 Å². The van der Waals surface area contributed by atoms with E-state index in [4.69, 9.17) is 14.2 Å². The van der Waals surface area contributed by atoms with Gasteiger partial charge in [0.15, 0.2) is 0 Å². The molecule has 0 aliphatic carbocycles. The largest absolute Gasteiger partial charge is 0.466 e. The average molecular weight is 436 g/mol. The predicted octanol–water partition coefficient (Wildman–Crippen LogP) is 2.86. The molecule has 0 saturated heterocycles. The Bertz CT molecular complexity index is 1120. The number of hydrogen-bond donors (Lipinski definition) is 0. The molecule has 0 unspecified atom stereocenters. The Hall–Kier alpha value is -3.65. The summed E-state index contributed by atoms with van der Waals surface area (Å²) in [6.45, 7) is 1.50. The molecule has 2 aromatic rings. The average Bonchev–Trinajstić information content (AvgIpc) is 2.98. The summed E-state index contributed by atoms with van der Waals surface area (Å²) in [6, 6.07) is 13.4. The summed E-state index contributed by atoms with van der Waals surface area (Å²) in [5.74, 6) is -1.45. The minimum atomic E-state index is -0.669. The maximum absolute atomic E-state index is 12.7. The van der Waals surface area contributed by atoms with E-state index in [-0.39, 0.29) is 30.5 Å². The third-order valence-electron chi connectivity index (χ3n) is 5.67. The van der Waals surface area contributed by atoms with Gasteiger partial charge in [-0.05, 0) is 42.2 Å². The Balaban J connectivity index is 1.86. The fourth-order valence-corrected chi connectivity index (χ4v) is 4.17. The number of carbonyl (C=O) groups excluding carboxylic acids is 3. The molecule has 0 spiro atoms. The lowest BCUT2D eigenvalue weighted by Crippen LogP contribution is -2.39. The smallest absolute Gasteiger partial charge is 0.355 e. The first-order chi connectivity index (χ1) is 15.5. The molecule has 0 atom stereocenters. The molecule has 0 radical (unpaired) electrons. The molecule has 166 valence electrons. The highest BCUT2D eigenvalue weighted by atomic mass is 16.5. The number of methoxy groups -OCH3 is 2. The van der Waals surface area contributed by atoms with Gasteiger partial charge in [-0.15, -0.1) is 0 Å². The summed E-state index contributed by atoms with van der Waals surface area (Å²) in [5, 5.41) is 0. The van der Waals surface area contributed by atoms with Crippen LogP contribution in [0.3, 0.4) is 0 Å². The highest BCUT2D eigenvalue weighted by Gasteiger charge is 2.33. The zero-order chi connectivity index (χ0) is 22.8. The number of aryl methyl sites for hydroxylation is 2. The van der Waals surface area contributed by atoms with Crippen LogP contribution in [0.4, 0.5) is 17.1 Å². The number of benzene rings is 2. The fourth-order valence-electron chi connectivity index (χ4n) is 4.17. The third-order valence-corrected chi connectivity index (χ3v) is 5.67. The summed E-state index contributed by atoms with van der Waals surface area (Å²) in [7, 11) is 2.50. The topological polar surface area (TPSA) is 85.4 Å². The molecule has 2 aliphatic heterocycles. The maximum Gasteiger partial charge on any atom is 0.355 e. The molecule has 2 aromatic carbocycles. The summed E-state index contributed by atoms with van der Waals surface area (Å²) in [4.78, 5) is 40.9. The number of amides is 1. The van der Waals surface area contributed by atoms with Gasteiger partial charge in [0.2, 0.25) is 5.91 Å². The number of hydrogen-bond acceptors (Lipinski definition) is 7. The molecule has 0 aromatic heterocycles. The highest BCUT2D eigenvalue weighted by molar-refractivity contribution is 6.04. The third kappa shape index (κ3) is 3.73. The number of carbonyl (C=O) groups is 3. The number of anilines is 3. The Kier molecular flexibility index (Phi) is 5.96. The van der Waals surface area contributed by atoms with Crippen LogP contribution in [0.15, 0.2) is 53.7 Å². The van der Waals surface area contributed by atoms with Crippen molar-refractivity contribution in [1.29, 1.82) is 0 Å². The number of para-hydroxylation sites is 1. The van der Waals surface area contributed by atoms with Crippen molar-refractivity contribution in [3.8, 4) is 0 Å². The number of fused-ring (bicyclic) bond motifs is 2. The van der Waals surface area contributed by atoms with Crippen LogP contribution >= 0.6 is 0 Å². The molecule has 1 amide bonds. The number of esters is 2. The molecule has 2 aliphatic rings. The van der Waals surface area contributed by atoms with E-state index in [9.17, 15) is 14.4 Å². The van der Waals surface area contributed by atoms with Crippen molar-refractivity contribution in [2.24, 2.45) is 0 Å². The van der Waals surface area contributed by atoms with Gasteiger partial charge in [-0.1, -0.05) is 24.3 Å². The molecule has 8 nitrogen and oxygen atoms in total. The van der Waals surface area contributed by atoms with Crippen LogP contribution < -0.4 is 9.80 Å². The summed E-state index contributed by atoms with van der Waals surface area (Å²) in [6.07, 6.45) is 1.57. The van der Waals surface area contributed by atoms with Crippen LogP contribution in [-0.2, 0) is 41.4 Å². The van der Waals surface area contributed by atoms with Gasteiger partial charge in [-0.2, -0.15) is 0 Å². The van der Waals surface area contributed by atoms with Gasteiger partial charge in [0.05, 0.1) is 37.8 Å². The van der Waals surface area contributed by atoms with E-state index in [1.807, 2.05) is 42.5 Å². The van der Waals surface area contributed by atoms with Crippen molar-refractivity contribution >= 4 is 34.9 Å². The van der Waals surface area contributed by atoms with E-state index in [0.717, 1.165) is 35.3 Å². The van der Waals surface area contributed by atoms with Crippen LogP contribution in [0.5, 0.6) is 0 Å². The number of ether oxygens (including phenoxy) is 3. The first-order valence-electron chi connectivity index (χ1n) is 10.2. The van der Waals surface area contributed by atoms with Crippen LogP contribution in [0.2, 0.25) is 0 Å². The monoisotopic (exact) mass is 436 g/mol. The van der Waals surface area contributed by atoms with E-state index in [1.165, 1.54) is 21.1 Å². The lowest BCUT2D eigenvalue weighted by molar-refractivity contribution is -0.140. The Morgan fingerprint density at radius 2 is 1.59 bits per heavy atom. The molecule has 0 N–H and O–H groups in total. The second-order valence-corrected chi connectivity index (χ2v) is 7.51. The lowest BCUT2D eigenvalue weighted by atomic mass is 10.0. The molecular weight excluding hydrogens is 412 g/mol. The fraction of sp³-hybridized carbons (Fsp3) is 0.292. The van der Waals surface area contributed by atoms with Gasteiger partial charge < -0.3 is 19.1 Å². The standard InChI is InChI=1S/C24H24N2O6/c1-15(27)26-20-7-5-4-6-16(20)8-9-17-10-11-18(12-21(17)26)25-14-32-13-19(23(28)30-2)22(25)24(29)31-3/h4-7,10-12H,8-9,13-14H2,1-3H3. The van der Waals surface area contributed by atoms with E-state index >= 15 is 0 Å². The number of rotatable bonds is 3. The van der Waals surface area contributed by atoms with Gasteiger partial charge in [0.25, 0.3) is 0 Å². The molecule has 4 rings (SSSR count). The highest BCUT2D eigenvalue weighted by Crippen LogP contribution is 2.39. The molecule has 0 saturated carbocycles. The van der Waals surface area contributed by atoms with Crippen LogP contribution in [0, 0.1) is 0 Å². The lowest BCUT2D eigenvalue weighted by Gasteiger charge is -2.32. The van der Waals surface area contributed by atoms with E-state index in [2.05, 4.69) is 0 Å². The number of nitrogens with zero attached hydrogens (tertiary/aromatic N) is 2. The Morgan fingerprint density at radius 1 is 0.906 bits per heavy atom. The van der Waals surface area contributed by atoms with Crippen molar-refractivity contribution in [1.82, 2.24) is 0 Å². The van der Waals surface area contributed by atoms with Crippen molar-refractivity contribution in [3.63, 3.8) is 0 Å². The normalized spacial score (nSPS) is 15.5. The first kappa shape index (κ1) is 21.6. The summed E-state index contributed by atoms with van der Waals surface area (Å²) < 4.78 is 15.3. The van der Waals surface area contributed by atoms with Crippen LogP contribution in [0.25, 0.3) is 0 Å². The minimum absolute atomic E-state index is 0.0420. The zero-order valence-electron chi connectivity index (χ0n) is 18.2. The van der Waals surface area contributed by atoms with Gasteiger partial charge in [0, 0.05) is 12.6 Å². The molecule has 32 heavy (non-hydrogen) atoms. The van der Waals surface area contributed by atoms with Gasteiger partial charge in [-0.25, -0.2) is 9.59 Å². The molecule has 0 bridgehead atoms. The molecule has 8 heteroatoms. The van der Waals surface area contributed by atoms with E-state index in [1.54, 1.807) is 9.80 Å². The second kappa shape index (κ2) is 8.84. The molecule has 0 fully saturated rings. The minimum Gasteiger partial charge on any atom is -0.466 e. The molecule has 2 heterocycles. The summed E-state index contributed by atoms with van der Waals surface area (Å²) in [5.41, 5.74) is 4.40. The molecular formula is C24H24N2O6. The van der Waals surface area contributed by atoms with Gasteiger partial charge in [0.1, 0.15) is 12.4 Å². The van der Waals surface area contributed by atoms with Crippen molar-refractivity contribution in [2.75, 3.05) is 37.4 Å². The van der Waals surface area contributed by atoms with E-state index < -0.39 is 11.9 Å². The second-order valence-electron chi connectivity index (χ2n) is 7.51. The van der Waals surface area contributed by atoms with Crippen molar-refractivity contribution in [2.45, 2.75) is 19.8 Å². The predicted molar refractivity (Wildman–Crippen MR) is 117 cm³/mol. The van der Waals surface area contributed by atoms with Crippen LogP contribution in [0.1, 0.15) is 18.1 Å². The zero-order valence-corrected chi connectivity index (χ0v) is 18.2.